The van der Waals surface area contributed by atoms with Crippen LogP contribution >= 0.6 is 0 Å². The van der Waals surface area contributed by atoms with Crippen LogP contribution in [0, 0.1) is 5.41 Å². The van der Waals surface area contributed by atoms with Gasteiger partial charge >= 0.3 is 0 Å². The highest BCUT2D eigenvalue weighted by atomic mass is 16.5. The highest BCUT2D eigenvalue weighted by Gasteiger charge is 2.33. The van der Waals surface area contributed by atoms with Gasteiger partial charge in [0.25, 0.3) is 0 Å². The third kappa shape index (κ3) is 3.51. The number of ether oxygens (including phenoxy) is 1. The molecule has 1 fully saturated rings. The fourth-order valence-corrected chi connectivity index (χ4v) is 2.44. The van der Waals surface area contributed by atoms with Gasteiger partial charge in [-0.15, -0.1) is 0 Å². The quantitative estimate of drug-likeness (QED) is 0.919. The Bertz CT molecular complexity index is 462. The lowest BCUT2D eigenvalue weighted by Gasteiger charge is -2.31. The van der Waals surface area contributed by atoms with Gasteiger partial charge < -0.3 is 9.64 Å². The molecule has 4 heteroatoms. The van der Waals surface area contributed by atoms with E-state index in [1.54, 1.807) is 0 Å². The van der Waals surface area contributed by atoms with Gasteiger partial charge in [0.2, 0.25) is 5.91 Å². The topological polar surface area (TPSA) is 41.6 Å². The van der Waals surface area contributed by atoms with E-state index < -0.39 is 0 Å². The van der Waals surface area contributed by atoms with Crippen LogP contribution in [0.1, 0.15) is 39.4 Å². The van der Waals surface area contributed by atoms with Crippen molar-refractivity contribution in [1.82, 2.24) is 10.2 Å². The first-order valence-electron chi connectivity index (χ1n) is 7.16. The third-order valence-corrected chi connectivity index (χ3v) is 3.23. The summed E-state index contributed by atoms with van der Waals surface area (Å²) in [5.41, 5.74) is 1.19. The Hall–Kier alpha value is -1.55. The van der Waals surface area contributed by atoms with Crippen LogP contribution in [-0.4, -0.2) is 30.5 Å². The fraction of sp³-hybridized carbons (Fsp3) is 0.562. The highest BCUT2D eigenvalue weighted by Crippen LogP contribution is 2.28. The minimum atomic E-state index is -0.0302. The molecule has 0 aliphatic carbocycles. The van der Waals surface area contributed by atoms with Crippen molar-refractivity contribution in [2.75, 3.05) is 19.7 Å². The number of carbonyl (C=O) groups excluding carboxylic acids is 1. The van der Waals surface area contributed by atoms with Gasteiger partial charge in [-0.25, -0.2) is 0 Å². The predicted molar refractivity (Wildman–Crippen MR) is 79.5 cm³/mol. The number of nitrogens with one attached hydrogen (secondary N) is 1. The number of hydrogen-bond acceptors (Lipinski definition) is 3. The standard InChI is InChI=1S/C16H24N2O2/c1-5-20-13-8-6-12(7-9-13)15-17-10-14(19)18(15)11-16(2,3)4/h6-9,15,17H,5,10-11H2,1-4H3. The molecule has 1 saturated heterocycles. The molecule has 1 aromatic carbocycles. The Morgan fingerprint density at radius 1 is 1.30 bits per heavy atom. The van der Waals surface area contributed by atoms with Crippen LogP contribution < -0.4 is 10.1 Å². The summed E-state index contributed by atoms with van der Waals surface area (Å²) in [5, 5.41) is 3.28. The van der Waals surface area contributed by atoms with E-state index in [9.17, 15) is 4.79 Å². The summed E-state index contributed by atoms with van der Waals surface area (Å²) in [5.74, 6) is 1.03. The van der Waals surface area contributed by atoms with Crippen molar-refractivity contribution >= 4 is 5.91 Å². The summed E-state index contributed by atoms with van der Waals surface area (Å²) in [7, 11) is 0. The predicted octanol–water partition coefficient (Wildman–Crippen LogP) is 2.56. The number of rotatable bonds is 4. The molecule has 1 aliphatic heterocycles. The number of hydrogen-bond donors (Lipinski definition) is 1. The molecule has 1 atom stereocenters. The van der Waals surface area contributed by atoms with E-state index >= 15 is 0 Å². The van der Waals surface area contributed by atoms with Crippen LogP contribution in [0.4, 0.5) is 0 Å². The van der Waals surface area contributed by atoms with Crippen LogP contribution in [0.5, 0.6) is 5.75 Å². The van der Waals surface area contributed by atoms with Crippen LogP contribution in [0.3, 0.4) is 0 Å². The SMILES string of the molecule is CCOc1ccc(C2NCC(=O)N2CC(C)(C)C)cc1. The van der Waals surface area contributed by atoms with Gasteiger partial charge in [0.05, 0.1) is 13.2 Å². The first-order valence-corrected chi connectivity index (χ1v) is 7.16. The monoisotopic (exact) mass is 276 g/mol. The molecule has 0 saturated carbocycles. The van der Waals surface area contributed by atoms with Crippen molar-refractivity contribution in [3.63, 3.8) is 0 Å². The van der Waals surface area contributed by atoms with Gasteiger partial charge in [-0.3, -0.25) is 10.1 Å². The zero-order valence-corrected chi connectivity index (χ0v) is 12.8. The minimum Gasteiger partial charge on any atom is -0.494 e. The van der Waals surface area contributed by atoms with Crippen molar-refractivity contribution in [3.05, 3.63) is 29.8 Å². The third-order valence-electron chi connectivity index (χ3n) is 3.23. The second kappa shape index (κ2) is 5.83. The van der Waals surface area contributed by atoms with Crippen LogP contribution in [0.25, 0.3) is 0 Å². The van der Waals surface area contributed by atoms with Gasteiger partial charge in [0, 0.05) is 6.54 Å². The summed E-state index contributed by atoms with van der Waals surface area (Å²) in [6, 6.07) is 7.96. The number of carbonyl (C=O) groups is 1. The van der Waals surface area contributed by atoms with E-state index in [2.05, 4.69) is 26.1 Å². The molecule has 0 bridgehead atoms. The second-order valence-electron chi connectivity index (χ2n) is 6.37. The van der Waals surface area contributed by atoms with Gasteiger partial charge in [-0.2, -0.15) is 0 Å². The lowest BCUT2D eigenvalue weighted by atomic mass is 9.95. The van der Waals surface area contributed by atoms with E-state index in [1.165, 1.54) is 0 Å². The molecule has 20 heavy (non-hydrogen) atoms. The molecule has 1 heterocycles. The van der Waals surface area contributed by atoms with Gasteiger partial charge in [-0.1, -0.05) is 32.9 Å². The normalized spacial score (nSPS) is 19.5. The minimum absolute atomic E-state index is 0.0302. The van der Waals surface area contributed by atoms with Crippen molar-refractivity contribution in [1.29, 1.82) is 0 Å². The molecule has 110 valence electrons. The summed E-state index contributed by atoms with van der Waals surface area (Å²) in [4.78, 5) is 14.0. The molecule has 1 unspecified atom stereocenters. The second-order valence-corrected chi connectivity index (χ2v) is 6.37. The molecular weight excluding hydrogens is 252 g/mol. The summed E-state index contributed by atoms with van der Waals surface area (Å²) >= 11 is 0. The molecule has 2 rings (SSSR count). The molecule has 0 spiro atoms. The number of benzene rings is 1. The molecule has 1 N–H and O–H groups in total. The lowest BCUT2D eigenvalue weighted by Crippen LogP contribution is -2.37. The van der Waals surface area contributed by atoms with E-state index in [4.69, 9.17) is 4.74 Å². The molecular formula is C16H24N2O2. The van der Waals surface area contributed by atoms with E-state index in [1.807, 2.05) is 36.1 Å². The number of nitrogens with zero attached hydrogens (tertiary/aromatic N) is 1. The maximum Gasteiger partial charge on any atom is 0.238 e. The first kappa shape index (κ1) is 14.9. The number of amides is 1. The zero-order chi connectivity index (χ0) is 14.8. The summed E-state index contributed by atoms with van der Waals surface area (Å²) in [6.45, 7) is 10.2. The molecule has 0 radical (unpaired) electrons. The summed E-state index contributed by atoms with van der Waals surface area (Å²) < 4.78 is 5.45. The maximum atomic E-state index is 12.0. The maximum absolute atomic E-state index is 12.0. The Balaban J connectivity index is 2.15. The van der Waals surface area contributed by atoms with E-state index in [0.29, 0.717) is 13.2 Å². The average Bonchev–Trinajstić information content (AvgIpc) is 2.71. The van der Waals surface area contributed by atoms with Crippen LogP contribution in [0.15, 0.2) is 24.3 Å². The largest absolute Gasteiger partial charge is 0.494 e. The van der Waals surface area contributed by atoms with Crippen LogP contribution in [-0.2, 0) is 4.79 Å². The van der Waals surface area contributed by atoms with Gasteiger partial charge in [0.1, 0.15) is 11.9 Å². The van der Waals surface area contributed by atoms with Crippen molar-refractivity contribution in [2.45, 2.75) is 33.9 Å². The van der Waals surface area contributed by atoms with Crippen molar-refractivity contribution in [3.8, 4) is 5.75 Å². The zero-order valence-electron chi connectivity index (χ0n) is 12.8. The molecule has 0 aromatic heterocycles. The van der Waals surface area contributed by atoms with E-state index in [0.717, 1.165) is 17.9 Å². The molecule has 4 nitrogen and oxygen atoms in total. The van der Waals surface area contributed by atoms with Crippen LogP contribution in [0.2, 0.25) is 0 Å². The van der Waals surface area contributed by atoms with Gasteiger partial charge in [-0.05, 0) is 30.0 Å². The Morgan fingerprint density at radius 3 is 2.50 bits per heavy atom. The smallest absolute Gasteiger partial charge is 0.238 e. The fourth-order valence-electron chi connectivity index (χ4n) is 2.44. The van der Waals surface area contributed by atoms with Crippen molar-refractivity contribution in [2.24, 2.45) is 5.41 Å². The summed E-state index contributed by atoms with van der Waals surface area (Å²) in [6.07, 6.45) is -0.0302. The van der Waals surface area contributed by atoms with Crippen molar-refractivity contribution < 1.29 is 9.53 Å². The van der Waals surface area contributed by atoms with E-state index in [-0.39, 0.29) is 17.5 Å². The highest BCUT2D eigenvalue weighted by molar-refractivity contribution is 5.81. The lowest BCUT2D eigenvalue weighted by molar-refractivity contribution is -0.129. The van der Waals surface area contributed by atoms with Gasteiger partial charge in [0.15, 0.2) is 0 Å². The molecule has 1 aliphatic rings. The first-order chi connectivity index (χ1) is 9.40. The Labute approximate surface area is 121 Å². The average molecular weight is 276 g/mol. The molecule has 1 aromatic rings. The Morgan fingerprint density at radius 2 is 1.95 bits per heavy atom. The molecule has 1 amide bonds. The Kier molecular flexibility index (Phi) is 4.33.